The molecular formula is C52H56ClN11O5. The second-order valence-electron chi connectivity index (χ2n) is 16.9. The molecule has 1 aliphatic carbocycles. The fourth-order valence-electron chi connectivity index (χ4n) is 8.65. The lowest BCUT2D eigenvalue weighted by atomic mass is 9.91. The highest BCUT2D eigenvalue weighted by Gasteiger charge is 2.23. The first-order valence-electron chi connectivity index (χ1n) is 23.0. The second-order valence-corrected chi connectivity index (χ2v) is 17.2. The predicted molar refractivity (Wildman–Crippen MR) is 271 cm³/mol. The van der Waals surface area contributed by atoms with E-state index in [9.17, 15) is 14.7 Å². The highest BCUT2D eigenvalue weighted by molar-refractivity contribution is 6.28. The number of rotatable bonds is 18. The number of ether oxygens (including phenoxy) is 2. The highest BCUT2D eigenvalue weighted by atomic mass is 35.5. The Bertz CT molecular complexity index is 3030. The van der Waals surface area contributed by atoms with Gasteiger partial charge in [-0.15, -0.1) is 0 Å². The third kappa shape index (κ3) is 11.9. The van der Waals surface area contributed by atoms with Crippen LogP contribution in [0.15, 0.2) is 122 Å². The number of hydrogen-bond acceptors (Lipinski definition) is 12. The van der Waals surface area contributed by atoms with Crippen molar-refractivity contribution in [2.75, 3.05) is 30.2 Å². The van der Waals surface area contributed by atoms with Crippen LogP contribution in [-0.4, -0.2) is 72.4 Å². The van der Waals surface area contributed by atoms with E-state index in [0.717, 1.165) is 109 Å². The Morgan fingerprint density at radius 2 is 1.23 bits per heavy atom. The van der Waals surface area contributed by atoms with E-state index in [2.05, 4.69) is 87.6 Å². The first kappa shape index (κ1) is 47.8. The molecule has 4 aromatic heterocycles. The molecular weight excluding hydrogens is 894 g/mol. The summed E-state index contributed by atoms with van der Waals surface area (Å²) < 4.78 is 14.9. The molecule has 1 saturated carbocycles. The van der Waals surface area contributed by atoms with Gasteiger partial charge in [0, 0.05) is 72.1 Å². The lowest BCUT2D eigenvalue weighted by Gasteiger charge is -2.29. The first-order chi connectivity index (χ1) is 33.6. The third-order valence-corrected chi connectivity index (χ3v) is 12.5. The molecule has 1 aliphatic rings. The van der Waals surface area contributed by atoms with Gasteiger partial charge in [-0.05, 0) is 122 Å². The van der Waals surface area contributed by atoms with Gasteiger partial charge in [0.25, 0.3) is 5.91 Å². The molecule has 0 radical (unpaired) electrons. The first-order valence-corrected chi connectivity index (χ1v) is 23.3. The number of aromatic carboxylic acids is 1. The van der Waals surface area contributed by atoms with Gasteiger partial charge in [0.05, 0.1) is 25.3 Å². The van der Waals surface area contributed by atoms with Crippen LogP contribution in [-0.2, 0) is 25.9 Å². The Labute approximate surface area is 405 Å². The SMILES string of the molecule is COc1ccc(CCCn2ccc3c(Nc4nc(Cl)ncc4C(=O)O)cccc32)cc1.COc1ccc(CCCn2ccc3c(Nc4nc(NC5CCCC[C@@H]5N)ncc4C(N)=O)cccc32)cc1. The summed E-state index contributed by atoms with van der Waals surface area (Å²) in [4.78, 5) is 40.4. The summed E-state index contributed by atoms with van der Waals surface area (Å²) in [5.41, 5.74) is 18.4. The number of carboxylic acids is 1. The largest absolute Gasteiger partial charge is 0.497 e. The van der Waals surface area contributed by atoms with E-state index < -0.39 is 11.9 Å². The van der Waals surface area contributed by atoms with Crippen LogP contribution in [0.2, 0.25) is 5.28 Å². The molecule has 4 aromatic carbocycles. The maximum atomic E-state index is 12.2. The molecule has 4 heterocycles. The monoisotopic (exact) mass is 949 g/mol. The number of aromatic nitrogens is 6. The summed E-state index contributed by atoms with van der Waals surface area (Å²) in [6, 6.07) is 32.5. The zero-order valence-electron chi connectivity index (χ0n) is 38.6. The van der Waals surface area contributed by atoms with E-state index in [0.29, 0.717) is 11.8 Å². The summed E-state index contributed by atoms with van der Waals surface area (Å²) in [5.74, 6) is 0.985. The van der Waals surface area contributed by atoms with Crippen molar-refractivity contribution in [1.82, 2.24) is 29.1 Å². The summed E-state index contributed by atoms with van der Waals surface area (Å²) >= 11 is 5.87. The number of aryl methyl sites for hydroxylation is 4. The minimum atomic E-state index is -1.12. The van der Waals surface area contributed by atoms with E-state index in [1.54, 1.807) is 14.2 Å². The lowest BCUT2D eigenvalue weighted by Crippen LogP contribution is -2.43. The maximum absolute atomic E-state index is 12.2. The Kier molecular flexibility index (Phi) is 15.5. The molecule has 2 atom stereocenters. The number of nitrogens with zero attached hydrogens (tertiary/aromatic N) is 6. The standard InChI is InChI=1S/C29H35N7O2.C23H21ClN4O3/c1-38-20-13-11-19(12-14-20)6-5-16-36-17-15-21-24(9-4-10-26(21)36)33-28-22(27(31)37)18-32-29(35-28)34-25-8-3-2-7-23(25)30;1-31-16-9-7-15(8-10-16)4-3-12-28-13-11-17-19(5-2-6-20(17)28)26-21-18(22(29)30)14-25-23(24)27-21/h4,9-15,17-18,23,25H,2-3,5-8,16,30H2,1H3,(H2,31,37)(H2,32,33,34,35);2,5-11,13-14H,3-4,12H2,1H3,(H,29,30)(H,25,26,27)/t23-,25?;/m0./s1. The van der Waals surface area contributed by atoms with E-state index in [4.69, 9.17) is 32.5 Å². The average molecular weight is 951 g/mol. The molecule has 1 amide bonds. The van der Waals surface area contributed by atoms with Crippen LogP contribution in [0.3, 0.4) is 0 Å². The van der Waals surface area contributed by atoms with Crippen LogP contribution >= 0.6 is 11.6 Å². The molecule has 8 aromatic rings. The Morgan fingerprint density at radius 1 is 0.710 bits per heavy atom. The zero-order valence-corrected chi connectivity index (χ0v) is 39.3. The number of methoxy groups -OCH3 is 2. The van der Waals surface area contributed by atoms with E-state index in [1.165, 1.54) is 23.5 Å². The molecule has 0 saturated heterocycles. The number of anilines is 5. The quantitative estimate of drug-likeness (QED) is 0.0442. The molecule has 1 fully saturated rings. The van der Waals surface area contributed by atoms with Crippen molar-refractivity contribution < 1.29 is 24.2 Å². The number of carbonyl (C=O) groups excluding carboxylic acids is 1. The fraction of sp³-hybridized carbons (Fsp3) is 0.269. The van der Waals surface area contributed by atoms with Crippen LogP contribution < -0.4 is 36.9 Å². The van der Waals surface area contributed by atoms with Crippen molar-refractivity contribution in [2.45, 2.75) is 76.5 Å². The van der Waals surface area contributed by atoms with Gasteiger partial charge in [-0.3, -0.25) is 4.79 Å². The van der Waals surface area contributed by atoms with Gasteiger partial charge >= 0.3 is 5.97 Å². The predicted octanol–water partition coefficient (Wildman–Crippen LogP) is 9.76. The molecule has 356 valence electrons. The summed E-state index contributed by atoms with van der Waals surface area (Å²) in [7, 11) is 3.34. The van der Waals surface area contributed by atoms with Gasteiger partial charge in [-0.2, -0.15) is 9.97 Å². The Hall–Kier alpha value is -7.69. The second kappa shape index (κ2) is 22.4. The zero-order chi connectivity index (χ0) is 48.3. The number of halogens is 1. The van der Waals surface area contributed by atoms with Crippen molar-refractivity contribution in [2.24, 2.45) is 11.5 Å². The molecule has 0 aliphatic heterocycles. The molecule has 0 spiro atoms. The van der Waals surface area contributed by atoms with Crippen molar-refractivity contribution in [3.63, 3.8) is 0 Å². The highest BCUT2D eigenvalue weighted by Crippen LogP contribution is 2.31. The van der Waals surface area contributed by atoms with Crippen molar-refractivity contribution in [3.8, 4) is 11.5 Å². The maximum Gasteiger partial charge on any atom is 0.341 e. The fourth-order valence-corrected chi connectivity index (χ4v) is 8.78. The van der Waals surface area contributed by atoms with Gasteiger partial charge in [-0.1, -0.05) is 49.2 Å². The average Bonchev–Trinajstić information content (AvgIpc) is 3.98. The molecule has 69 heavy (non-hydrogen) atoms. The van der Waals surface area contributed by atoms with Crippen LogP contribution in [0.1, 0.15) is 70.4 Å². The topological polar surface area (TPSA) is 222 Å². The molecule has 1 unspecified atom stereocenters. The minimum Gasteiger partial charge on any atom is -0.497 e. The lowest BCUT2D eigenvalue weighted by molar-refractivity contribution is 0.0697. The molecule has 9 rings (SSSR count). The van der Waals surface area contributed by atoms with E-state index >= 15 is 0 Å². The van der Waals surface area contributed by atoms with Gasteiger partial charge in [-0.25, -0.2) is 14.8 Å². The number of carboxylic acid groups (broad SMARTS) is 1. The van der Waals surface area contributed by atoms with Gasteiger partial charge < -0.3 is 51.1 Å². The van der Waals surface area contributed by atoms with Gasteiger partial charge in [0.1, 0.15) is 34.3 Å². The number of amides is 1. The van der Waals surface area contributed by atoms with Crippen LogP contribution in [0.5, 0.6) is 11.5 Å². The number of nitrogens with one attached hydrogen (secondary N) is 3. The number of fused-ring (bicyclic) bond motifs is 2. The van der Waals surface area contributed by atoms with Crippen LogP contribution in [0.4, 0.5) is 29.0 Å². The van der Waals surface area contributed by atoms with Crippen molar-refractivity contribution in [1.29, 1.82) is 0 Å². The van der Waals surface area contributed by atoms with Crippen LogP contribution in [0.25, 0.3) is 21.8 Å². The Morgan fingerprint density at radius 3 is 1.74 bits per heavy atom. The number of primary amides is 1. The summed E-state index contributed by atoms with van der Waals surface area (Å²) in [6.07, 6.45) is 14.9. The molecule has 17 heteroatoms. The normalized spacial score (nSPS) is 14.4. The summed E-state index contributed by atoms with van der Waals surface area (Å²) in [5, 5.41) is 21.2. The number of nitrogens with two attached hydrogens (primary N) is 2. The summed E-state index contributed by atoms with van der Waals surface area (Å²) in [6.45, 7) is 1.74. The minimum absolute atomic E-state index is 0.0178. The molecule has 0 bridgehead atoms. The van der Waals surface area contributed by atoms with Gasteiger partial charge in [0.2, 0.25) is 11.2 Å². The Balaban J connectivity index is 0.000000190. The van der Waals surface area contributed by atoms with Gasteiger partial charge in [0.15, 0.2) is 0 Å². The smallest absolute Gasteiger partial charge is 0.341 e. The van der Waals surface area contributed by atoms with Crippen molar-refractivity contribution in [3.05, 3.63) is 149 Å². The van der Waals surface area contributed by atoms with Crippen molar-refractivity contribution >= 4 is 74.2 Å². The number of hydrogen-bond donors (Lipinski definition) is 6. The number of carbonyl (C=O) groups is 2. The molecule has 16 nitrogen and oxygen atoms in total. The molecule has 8 N–H and O–H groups in total. The van der Waals surface area contributed by atoms with E-state index in [-0.39, 0.29) is 34.3 Å². The van der Waals surface area contributed by atoms with Crippen LogP contribution in [0, 0.1) is 0 Å². The van der Waals surface area contributed by atoms with E-state index in [1.807, 2.05) is 66.9 Å². The number of benzene rings is 4. The third-order valence-electron chi connectivity index (χ3n) is 12.4.